The van der Waals surface area contributed by atoms with Gasteiger partial charge in [-0.15, -0.1) is 0 Å². The summed E-state index contributed by atoms with van der Waals surface area (Å²) >= 11 is 0. The minimum absolute atomic E-state index is 0.0203. The molecule has 5 heteroatoms. The summed E-state index contributed by atoms with van der Waals surface area (Å²) in [5, 5.41) is 34.5. The molecular formula is C26H40O5. The molecule has 1 saturated heterocycles. The molecule has 12 atom stereocenters. The standard InChI is InChI=1S/C26H40O5/c1-23-6-3-14(27)13-26(23,29)18-11-15(18)21-17(23)4-7-24(2)22(21)16-12-19(16)25(24,28)8-5-20-30-9-10-31-20/h14-22,27-29H,3-13H2,1-2H3/t14-,15-,16+,17?,18+,19-,21?,22?,23+,24-,25-,26+/m0/s1. The molecule has 0 spiro atoms. The summed E-state index contributed by atoms with van der Waals surface area (Å²) in [6.07, 6.45) is 7.99. The van der Waals surface area contributed by atoms with Gasteiger partial charge in [-0.1, -0.05) is 13.8 Å². The molecule has 0 aromatic rings. The Balaban J connectivity index is 1.21. The first-order valence-electron chi connectivity index (χ1n) is 13.1. The zero-order valence-corrected chi connectivity index (χ0v) is 19.1. The maximum atomic E-state index is 12.2. The molecule has 7 rings (SSSR count). The predicted molar refractivity (Wildman–Crippen MR) is 114 cm³/mol. The van der Waals surface area contributed by atoms with Crippen molar-refractivity contribution in [1.82, 2.24) is 0 Å². The van der Waals surface area contributed by atoms with Crippen LogP contribution in [0.5, 0.6) is 0 Å². The lowest BCUT2D eigenvalue weighted by Crippen LogP contribution is -2.65. The van der Waals surface area contributed by atoms with E-state index in [1.54, 1.807) is 0 Å². The highest BCUT2D eigenvalue weighted by molar-refractivity contribution is 5.29. The van der Waals surface area contributed by atoms with Crippen LogP contribution in [0.4, 0.5) is 0 Å². The largest absolute Gasteiger partial charge is 0.393 e. The van der Waals surface area contributed by atoms with Crippen LogP contribution in [-0.2, 0) is 9.47 Å². The van der Waals surface area contributed by atoms with E-state index in [-0.39, 0.29) is 23.2 Å². The van der Waals surface area contributed by atoms with E-state index in [4.69, 9.17) is 9.47 Å². The van der Waals surface area contributed by atoms with E-state index < -0.39 is 11.2 Å². The molecular weight excluding hydrogens is 392 g/mol. The Labute approximate surface area is 185 Å². The molecule has 0 aromatic heterocycles. The van der Waals surface area contributed by atoms with Gasteiger partial charge >= 0.3 is 0 Å². The number of hydrogen-bond acceptors (Lipinski definition) is 5. The van der Waals surface area contributed by atoms with Gasteiger partial charge in [-0.3, -0.25) is 0 Å². The molecule has 5 nitrogen and oxygen atoms in total. The average molecular weight is 433 g/mol. The SMILES string of the molecule is C[C@]12CCC3C(C1[C@@H]1C[C@@H]1[C@@]2(O)CCC1OCCO1)[C@H]1C[C@H]1[C@]1(O)C[C@@H](O)CC[C@]31C. The van der Waals surface area contributed by atoms with Gasteiger partial charge in [0.1, 0.15) is 0 Å². The Morgan fingerprint density at radius 3 is 2.35 bits per heavy atom. The van der Waals surface area contributed by atoms with E-state index in [0.717, 1.165) is 44.9 Å². The molecule has 6 aliphatic carbocycles. The summed E-state index contributed by atoms with van der Waals surface area (Å²) in [6, 6.07) is 0. The average Bonchev–Trinajstić information content (AvgIpc) is 3.63. The summed E-state index contributed by atoms with van der Waals surface area (Å²) in [4.78, 5) is 0. The number of hydrogen-bond donors (Lipinski definition) is 3. The van der Waals surface area contributed by atoms with E-state index in [1.807, 2.05) is 0 Å². The second-order valence-corrected chi connectivity index (χ2v) is 13.1. The highest BCUT2D eigenvalue weighted by Crippen LogP contribution is 2.82. The minimum Gasteiger partial charge on any atom is -0.393 e. The van der Waals surface area contributed by atoms with E-state index in [2.05, 4.69) is 13.8 Å². The third-order valence-corrected chi connectivity index (χ3v) is 12.2. The fourth-order valence-electron chi connectivity index (χ4n) is 10.7. The smallest absolute Gasteiger partial charge is 0.157 e. The molecule has 1 heterocycles. The summed E-state index contributed by atoms with van der Waals surface area (Å²) in [7, 11) is 0. The molecule has 0 aromatic carbocycles. The molecule has 0 amide bonds. The van der Waals surface area contributed by atoms with Crippen molar-refractivity contribution >= 4 is 0 Å². The Hall–Kier alpha value is -0.200. The molecule has 0 bridgehead atoms. The summed E-state index contributed by atoms with van der Waals surface area (Å²) in [6.45, 7) is 6.12. The third kappa shape index (κ3) is 2.31. The molecule has 7 aliphatic rings. The number of ether oxygens (including phenoxy) is 2. The number of aliphatic hydroxyl groups excluding tert-OH is 1. The maximum Gasteiger partial charge on any atom is 0.157 e. The zero-order valence-electron chi connectivity index (χ0n) is 19.1. The van der Waals surface area contributed by atoms with Crippen molar-refractivity contribution < 1.29 is 24.8 Å². The van der Waals surface area contributed by atoms with Gasteiger partial charge in [0.2, 0.25) is 0 Å². The highest BCUT2D eigenvalue weighted by Gasteiger charge is 2.81. The van der Waals surface area contributed by atoms with Crippen LogP contribution < -0.4 is 0 Å². The lowest BCUT2D eigenvalue weighted by molar-refractivity contribution is -0.238. The molecule has 6 saturated carbocycles. The van der Waals surface area contributed by atoms with Gasteiger partial charge in [-0.05, 0) is 97.2 Å². The Morgan fingerprint density at radius 1 is 0.871 bits per heavy atom. The topological polar surface area (TPSA) is 79.2 Å². The van der Waals surface area contributed by atoms with Crippen molar-refractivity contribution in [3.05, 3.63) is 0 Å². The second-order valence-electron chi connectivity index (χ2n) is 13.1. The summed E-state index contributed by atoms with van der Waals surface area (Å²) < 4.78 is 11.4. The van der Waals surface area contributed by atoms with Gasteiger partial charge in [-0.25, -0.2) is 0 Å². The van der Waals surface area contributed by atoms with Crippen molar-refractivity contribution in [2.75, 3.05) is 13.2 Å². The summed E-state index contributed by atoms with van der Waals surface area (Å²) in [5.41, 5.74) is -1.37. The molecule has 0 radical (unpaired) electrons. The Morgan fingerprint density at radius 2 is 1.58 bits per heavy atom. The number of fused-ring (bicyclic) bond motifs is 10. The maximum absolute atomic E-state index is 12.2. The van der Waals surface area contributed by atoms with Crippen LogP contribution >= 0.6 is 0 Å². The monoisotopic (exact) mass is 432 g/mol. The van der Waals surface area contributed by atoms with Gasteiger partial charge < -0.3 is 24.8 Å². The second kappa shape index (κ2) is 6.07. The van der Waals surface area contributed by atoms with Gasteiger partial charge in [-0.2, -0.15) is 0 Å². The Kier molecular flexibility index (Phi) is 3.96. The summed E-state index contributed by atoms with van der Waals surface area (Å²) in [5.74, 6) is 3.85. The van der Waals surface area contributed by atoms with Crippen molar-refractivity contribution in [3.63, 3.8) is 0 Å². The molecule has 31 heavy (non-hydrogen) atoms. The Bertz CT molecular complexity index is 782. The first-order valence-corrected chi connectivity index (χ1v) is 13.1. The molecule has 1 aliphatic heterocycles. The fourth-order valence-corrected chi connectivity index (χ4v) is 10.7. The van der Waals surface area contributed by atoms with Crippen LogP contribution in [0.2, 0.25) is 0 Å². The van der Waals surface area contributed by atoms with Crippen molar-refractivity contribution in [2.45, 2.75) is 95.2 Å². The van der Waals surface area contributed by atoms with Crippen molar-refractivity contribution in [1.29, 1.82) is 0 Å². The van der Waals surface area contributed by atoms with Gasteiger partial charge in [0, 0.05) is 12.8 Å². The van der Waals surface area contributed by atoms with Crippen LogP contribution in [0, 0.1) is 52.3 Å². The predicted octanol–water partition coefficient (Wildman–Crippen LogP) is 3.10. The molecule has 3 N–H and O–H groups in total. The molecule has 3 unspecified atom stereocenters. The first-order chi connectivity index (χ1) is 14.7. The third-order valence-electron chi connectivity index (χ3n) is 12.2. The van der Waals surface area contributed by atoms with Gasteiger partial charge in [0.05, 0.1) is 30.5 Å². The minimum atomic E-state index is -0.681. The normalized spacial score (nSPS) is 64.2. The lowest BCUT2D eigenvalue weighted by atomic mass is 9.42. The van der Waals surface area contributed by atoms with Crippen LogP contribution in [-0.4, -0.2) is 52.1 Å². The van der Waals surface area contributed by atoms with Crippen molar-refractivity contribution in [3.8, 4) is 0 Å². The zero-order chi connectivity index (χ0) is 21.4. The van der Waals surface area contributed by atoms with Crippen LogP contribution in [0.25, 0.3) is 0 Å². The van der Waals surface area contributed by atoms with Crippen LogP contribution in [0.15, 0.2) is 0 Å². The number of rotatable bonds is 3. The van der Waals surface area contributed by atoms with Gasteiger partial charge in [0.15, 0.2) is 6.29 Å². The lowest BCUT2D eigenvalue weighted by Gasteiger charge is -2.64. The van der Waals surface area contributed by atoms with Crippen molar-refractivity contribution in [2.24, 2.45) is 52.3 Å². The van der Waals surface area contributed by atoms with E-state index >= 15 is 0 Å². The fraction of sp³-hybridized carbons (Fsp3) is 1.00. The number of aliphatic hydroxyl groups is 3. The quantitative estimate of drug-likeness (QED) is 0.639. The highest BCUT2D eigenvalue weighted by atomic mass is 16.7. The molecule has 7 fully saturated rings. The van der Waals surface area contributed by atoms with E-state index in [0.29, 0.717) is 61.1 Å². The van der Waals surface area contributed by atoms with Crippen LogP contribution in [0.1, 0.15) is 71.6 Å². The van der Waals surface area contributed by atoms with Gasteiger partial charge in [0.25, 0.3) is 0 Å². The molecule has 174 valence electrons. The van der Waals surface area contributed by atoms with Crippen LogP contribution in [0.3, 0.4) is 0 Å². The van der Waals surface area contributed by atoms with E-state index in [1.165, 1.54) is 6.42 Å². The van der Waals surface area contributed by atoms with E-state index in [9.17, 15) is 15.3 Å². The first kappa shape index (κ1) is 20.2.